The van der Waals surface area contributed by atoms with E-state index in [4.69, 9.17) is 4.84 Å². The van der Waals surface area contributed by atoms with Gasteiger partial charge in [-0.3, -0.25) is 9.63 Å². The number of fused-ring (bicyclic) bond motifs is 1. The lowest BCUT2D eigenvalue weighted by Gasteiger charge is -2.26. The van der Waals surface area contributed by atoms with Gasteiger partial charge in [-0.1, -0.05) is 18.2 Å². The second-order valence-electron chi connectivity index (χ2n) is 4.97. The van der Waals surface area contributed by atoms with Gasteiger partial charge >= 0.3 is 0 Å². The molecule has 1 aliphatic heterocycles. The molecular formula is C15H18N2O2. The summed E-state index contributed by atoms with van der Waals surface area (Å²) in [6.45, 7) is 3.73. The smallest absolute Gasteiger partial charge is 0.266 e. The van der Waals surface area contributed by atoms with Crippen LogP contribution < -0.4 is 0 Å². The van der Waals surface area contributed by atoms with Crippen LogP contribution in [0.5, 0.6) is 0 Å². The van der Waals surface area contributed by atoms with Crippen LogP contribution in [0.1, 0.15) is 18.5 Å². The van der Waals surface area contributed by atoms with E-state index in [1.807, 2.05) is 25.1 Å². The Balaban J connectivity index is 1.84. The van der Waals surface area contributed by atoms with Gasteiger partial charge in [0, 0.05) is 17.8 Å². The van der Waals surface area contributed by atoms with E-state index in [2.05, 4.69) is 16.7 Å². The number of hydroxylamine groups is 2. The molecule has 2 aromatic rings. The van der Waals surface area contributed by atoms with Crippen molar-refractivity contribution in [2.45, 2.75) is 26.3 Å². The van der Waals surface area contributed by atoms with Crippen LogP contribution in [0.3, 0.4) is 0 Å². The van der Waals surface area contributed by atoms with Crippen LogP contribution in [-0.4, -0.2) is 28.7 Å². The predicted octanol–water partition coefficient (Wildman–Crippen LogP) is 2.50. The highest BCUT2D eigenvalue weighted by atomic mass is 16.7. The minimum atomic E-state index is 0.0316. The molecule has 1 amide bonds. The normalized spacial score (nSPS) is 15.9. The van der Waals surface area contributed by atoms with Crippen LogP contribution in [0.25, 0.3) is 10.9 Å². The molecule has 19 heavy (non-hydrogen) atoms. The van der Waals surface area contributed by atoms with Gasteiger partial charge in [0.25, 0.3) is 5.91 Å². The number of benzene rings is 1. The molecule has 1 fully saturated rings. The molecular weight excluding hydrogens is 240 g/mol. The van der Waals surface area contributed by atoms with E-state index >= 15 is 0 Å². The third kappa shape index (κ3) is 2.36. The predicted molar refractivity (Wildman–Crippen MR) is 73.6 cm³/mol. The van der Waals surface area contributed by atoms with Gasteiger partial charge in [0.1, 0.15) is 6.54 Å². The van der Waals surface area contributed by atoms with Crippen LogP contribution in [-0.2, 0) is 16.2 Å². The summed E-state index contributed by atoms with van der Waals surface area (Å²) >= 11 is 0. The summed E-state index contributed by atoms with van der Waals surface area (Å²) in [5.74, 6) is 0.0316. The lowest BCUT2D eigenvalue weighted by atomic mass is 10.2. The van der Waals surface area contributed by atoms with Gasteiger partial charge in [-0.2, -0.15) is 0 Å². The highest BCUT2D eigenvalue weighted by Crippen LogP contribution is 2.19. The zero-order valence-electron chi connectivity index (χ0n) is 11.1. The maximum atomic E-state index is 12.2. The Morgan fingerprint density at radius 1 is 1.32 bits per heavy atom. The molecule has 0 unspecified atom stereocenters. The molecule has 1 aromatic carbocycles. The van der Waals surface area contributed by atoms with E-state index in [1.54, 1.807) is 0 Å². The summed E-state index contributed by atoms with van der Waals surface area (Å²) in [4.78, 5) is 17.7. The molecule has 1 aliphatic rings. The lowest BCUT2D eigenvalue weighted by molar-refractivity contribution is -0.197. The molecule has 2 heterocycles. The van der Waals surface area contributed by atoms with Crippen molar-refractivity contribution in [2.75, 3.05) is 13.2 Å². The van der Waals surface area contributed by atoms with Crippen LogP contribution in [0.4, 0.5) is 0 Å². The molecule has 0 radical (unpaired) electrons. The van der Waals surface area contributed by atoms with Gasteiger partial charge in [-0.15, -0.1) is 0 Å². The van der Waals surface area contributed by atoms with Crippen molar-refractivity contribution >= 4 is 16.8 Å². The zero-order chi connectivity index (χ0) is 13.2. The van der Waals surface area contributed by atoms with E-state index in [1.165, 1.54) is 10.4 Å². The van der Waals surface area contributed by atoms with E-state index in [-0.39, 0.29) is 5.91 Å². The number of hydrogen-bond acceptors (Lipinski definition) is 2. The SMILES string of the molecule is Cc1cc2ccccc2n1CC(=O)N1CCCCO1. The van der Waals surface area contributed by atoms with E-state index in [0.717, 1.165) is 24.1 Å². The fraction of sp³-hybridized carbons (Fsp3) is 0.400. The molecule has 0 aliphatic carbocycles. The van der Waals surface area contributed by atoms with E-state index in [9.17, 15) is 4.79 Å². The summed E-state index contributed by atoms with van der Waals surface area (Å²) in [7, 11) is 0. The highest BCUT2D eigenvalue weighted by molar-refractivity contribution is 5.84. The minimum Gasteiger partial charge on any atom is -0.335 e. The van der Waals surface area contributed by atoms with E-state index in [0.29, 0.717) is 19.7 Å². The number of aromatic nitrogens is 1. The van der Waals surface area contributed by atoms with Crippen LogP contribution >= 0.6 is 0 Å². The first-order chi connectivity index (χ1) is 9.25. The Bertz CT molecular complexity index is 597. The van der Waals surface area contributed by atoms with Gasteiger partial charge in [0.2, 0.25) is 0 Å². The average Bonchev–Trinajstić information content (AvgIpc) is 2.76. The Hall–Kier alpha value is -1.81. The largest absolute Gasteiger partial charge is 0.335 e. The van der Waals surface area contributed by atoms with E-state index < -0.39 is 0 Å². The van der Waals surface area contributed by atoms with Crippen molar-refractivity contribution in [3.8, 4) is 0 Å². The first kappa shape index (κ1) is 12.2. The molecule has 0 spiro atoms. The molecule has 0 bridgehead atoms. The van der Waals surface area contributed by atoms with Crippen molar-refractivity contribution in [2.24, 2.45) is 0 Å². The fourth-order valence-corrected chi connectivity index (χ4v) is 2.57. The number of nitrogens with zero attached hydrogens (tertiary/aromatic N) is 2. The first-order valence-electron chi connectivity index (χ1n) is 6.74. The van der Waals surface area contributed by atoms with Crippen LogP contribution in [0, 0.1) is 6.92 Å². The quantitative estimate of drug-likeness (QED) is 0.829. The average molecular weight is 258 g/mol. The zero-order valence-corrected chi connectivity index (χ0v) is 11.1. The fourth-order valence-electron chi connectivity index (χ4n) is 2.57. The summed E-state index contributed by atoms with van der Waals surface area (Å²) in [5, 5.41) is 2.69. The summed E-state index contributed by atoms with van der Waals surface area (Å²) < 4.78 is 2.05. The third-order valence-corrected chi connectivity index (χ3v) is 3.59. The number of rotatable bonds is 2. The van der Waals surface area contributed by atoms with Crippen LogP contribution in [0.2, 0.25) is 0 Å². The van der Waals surface area contributed by atoms with Crippen molar-refractivity contribution in [3.05, 3.63) is 36.0 Å². The molecule has 1 saturated heterocycles. The number of hydrogen-bond donors (Lipinski definition) is 0. The Morgan fingerprint density at radius 3 is 2.95 bits per heavy atom. The Labute approximate surface area is 112 Å². The minimum absolute atomic E-state index is 0.0316. The lowest BCUT2D eigenvalue weighted by Crippen LogP contribution is -2.37. The summed E-state index contributed by atoms with van der Waals surface area (Å²) in [6, 6.07) is 10.2. The standard InChI is InChI=1S/C15H18N2O2/c1-12-10-13-6-2-3-7-14(13)16(12)11-15(18)17-8-4-5-9-19-17/h2-3,6-7,10H,4-5,8-9,11H2,1H3. The molecule has 3 rings (SSSR count). The second kappa shape index (κ2) is 5.05. The second-order valence-corrected chi connectivity index (χ2v) is 4.97. The number of amides is 1. The Morgan fingerprint density at radius 2 is 2.16 bits per heavy atom. The molecule has 1 aromatic heterocycles. The van der Waals surface area contributed by atoms with Gasteiger partial charge < -0.3 is 4.57 Å². The highest BCUT2D eigenvalue weighted by Gasteiger charge is 2.19. The third-order valence-electron chi connectivity index (χ3n) is 3.59. The summed E-state index contributed by atoms with van der Waals surface area (Å²) in [5.41, 5.74) is 2.21. The van der Waals surface area contributed by atoms with Gasteiger partial charge in [0.15, 0.2) is 0 Å². The molecule has 100 valence electrons. The maximum absolute atomic E-state index is 12.2. The van der Waals surface area contributed by atoms with Crippen molar-refractivity contribution in [1.29, 1.82) is 0 Å². The molecule has 4 nitrogen and oxygen atoms in total. The molecule has 4 heteroatoms. The number of para-hydroxylation sites is 1. The molecule has 0 saturated carbocycles. The first-order valence-corrected chi connectivity index (χ1v) is 6.74. The van der Waals surface area contributed by atoms with Gasteiger partial charge in [0.05, 0.1) is 6.61 Å². The van der Waals surface area contributed by atoms with Crippen molar-refractivity contribution in [3.63, 3.8) is 0 Å². The van der Waals surface area contributed by atoms with Gasteiger partial charge in [-0.25, -0.2) is 5.06 Å². The number of carbonyl (C=O) groups is 1. The molecule has 0 atom stereocenters. The number of aryl methyl sites for hydroxylation is 1. The molecule has 0 N–H and O–H groups in total. The maximum Gasteiger partial charge on any atom is 0.266 e. The van der Waals surface area contributed by atoms with Crippen molar-refractivity contribution in [1.82, 2.24) is 9.63 Å². The number of carbonyl (C=O) groups excluding carboxylic acids is 1. The Kier molecular flexibility index (Phi) is 3.25. The van der Waals surface area contributed by atoms with Crippen LogP contribution in [0.15, 0.2) is 30.3 Å². The monoisotopic (exact) mass is 258 g/mol. The topological polar surface area (TPSA) is 34.5 Å². The van der Waals surface area contributed by atoms with Crippen molar-refractivity contribution < 1.29 is 9.63 Å². The summed E-state index contributed by atoms with van der Waals surface area (Å²) in [6.07, 6.45) is 2.06. The van der Waals surface area contributed by atoms with Gasteiger partial charge in [-0.05, 0) is 37.3 Å².